The minimum atomic E-state index is -0.217. The van der Waals surface area contributed by atoms with E-state index in [1.807, 2.05) is 24.3 Å². The maximum absolute atomic E-state index is 12.0. The van der Waals surface area contributed by atoms with Crippen LogP contribution in [0.25, 0.3) is 0 Å². The van der Waals surface area contributed by atoms with Gasteiger partial charge in [-0.25, -0.2) is 0 Å². The highest BCUT2D eigenvalue weighted by atomic mass is 35.5. The predicted molar refractivity (Wildman–Crippen MR) is 83.9 cm³/mol. The van der Waals surface area contributed by atoms with Crippen LogP contribution in [0.15, 0.2) is 49.1 Å². The summed E-state index contributed by atoms with van der Waals surface area (Å²) in [5.41, 5.74) is 2.10. The van der Waals surface area contributed by atoms with Gasteiger partial charge in [-0.3, -0.25) is 14.2 Å². The van der Waals surface area contributed by atoms with Crippen LogP contribution in [0.1, 0.15) is 15.9 Å². The fourth-order valence-corrected chi connectivity index (χ4v) is 2.25. The van der Waals surface area contributed by atoms with E-state index in [0.29, 0.717) is 22.8 Å². The van der Waals surface area contributed by atoms with Crippen molar-refractivity contribution in [3.8, 4) is 0 Å². The first-order chi connectivity index (χ1) is 10.6. The summed E-state index contributed by atoms with van der Waals surface area (Å²) in [6.45, 7) is 0.544. The first-order valence-electron chi connectivity index (χ1n) is 6.67. The van der Waals surface area contributed by atoms with Crippen molar-refractivity contribution in [3.05, 3.63) is 65.2 Å². The number of carbonyl (C=O) groups excluding carboxylic acids is 1. The second-order valence-electron chi connectivity index (χ2n) is 4.87. The van der Waals surface area contributed by atoms with E-state index >= 15 is 0 Å². The normalized spacial score (nSPS) is 10.6. The number of carbonyl (C=O) groups is 1. The largest absolute Gasteiger partial charge is 0.319 e. The van der Waals surface area contributed by atoms with Crippen molar-refractivity contribution in [2.24, 2.45) is 7.05 Å². The number of rotatable bonds is 4. The third kappa shape index (κ3) is 3.17. The molecule has 0 aliphatic rings. The molecular weight excluding hydrogens is 302 g/mol. The molecule has 0 bridgehead atoms. The molecule has 1 aromatic carbocycles. The zero-order chi connectivity index (χ0) is 15.5. The van der Waals surface area contributed by atoms with Gasteiger partial charge in [-0.2, -0.15) is 10.2 Å². The van der Waals surface area contributed by atoms with E-state index in [4.69, 9.17) is 11.6 Å². The molecule has 0 spiro atoms. The molecule has 0 atom stereocenters. The third-order valence-corrected chi connectivity index (χ3v) is 3.52. The number of aryl methyl sites for hydroxylation is 1. The first-order valence-corrected chi connectivity index (χ1v) is 7.05. The van der Waals surface area contributed by atoms with Crippen molar-refractivity contribution in [3.63, 3.8) is 0 Å². The average molecular weight is 316 g/mol. The van der Waals surface area contributed by atoms with Gasteiger partial charge in [0.2, 0.25) is 0 Å². The minimum absolute atomic E-state index is 0.217. The van der Waals surface area contributed by atoms with E-state index in [-0.39, 0.29) is 5.91 Å². The lowest BCUT2D eigenvalue weighted by Crippen LogP contribution is -2.10. The second kappa shape index (κ2) is 6.03. The van der Waals surface area contributed by atoms with E-state index in [1.165, 1.54) is 6.20 Å². The van der Waals surface area contributed by atoms with Gasteiger partial charge in [0, 0.05) is 24.5 Å². The summed E-state index contributed by atoms with van der Waals surface area (Å²) in [4.78, 5) is 12.0. The van der Waals surface area contributed by atoms with Crippen LogP contribution in [0.4, 0.5) is 5.69 Å². The predicted octanol–water partition coefficient (Wildman–Crippen LogP) is 2.57. The van der Waals surface area contributed by atoms with Crippen molar-refractivity contribution in [1.29, 1.82) is 0 Å². The van der Waals surface area contributed by atoms with E-state index in [2.05, 4.69) is 15.5 Å². The van der Waals surface area contributed by atoms with Crippen LogP contribution in [0.2, 0.25) is 5.02 Å². The van der Waals surface area contributed by atoms with E-state index in [9.17, 15) is 4.79 Å². The second-order valence-corrected chi connectivity index (χ2v) is 5.28. The molecule has 112 valence electrons. The van der Waals surface area contributed by atoms with Crippen molar-refractivity contribution >= 4 is 23.2 Å². The van der Waals surface area contributed by atoms with Crippen LogP contribution in [-0.4, -0.2) is 25.5 Å². The average Bonchev–Trinajstić information content (AvgIpc) is 3.11. The Morgan fingerprint density at radius 3 is 2.77 bits per heavy atom. The summed E-state index contributed by atoms with van der Waals surface area (Å²) < 4.78 is 3.30. The Kier molecular flexibility index (Phi) is 3.93. The molecule has 1 N–H and O–H groups in total. The van der Waals surface area contributed by atoms with Crippen molar-refractivity contribution in [2.75, 3.05) is 5.32 Å². The lowest BCUT2D eigenvalue weighted by molar-refractivity contribution is 0.102. The smallest absolute Gasteiger partial charge is 0.258 e. The highest BCUT2D eigenvalue weighted by molar-refractivity contribution is 6.31. The highest BCUT2D eigenvalue weighted by Gasteiger charge is 2.09. The number of hydrogen-bond donors (Lipinski definition) is 1. The van der Waals surface area contributed by atoms with Crippen molar-refractivity contribution < 1.29 is 4.79 Å². The molecule has 0 aliphatic carbocycles. The third-order valence-electron chi connectivity index (χ3n) is 3.15. The van der Waals surface area contributed by atoms with Gasteiger partial charge in [-0.05, 0) is 11.6 Å². The molecule has 6 nitrogen and oxygen atoms in total. The Balaban J connectivity index is 1.69. The van der Waals surface area contributed by atoms with Gasteiger partial charge in [0.05, 0.1) is 30.2 Å². The fraction of sp³-hybridized carbons (Fsp3) is 0.133. The number of nitrogens with one attached hydrogen (secondary N) is 1. The standard InChI is InChI=1S/C15H14ClN5O/c1-20-8-12(6-17-20)15(22)19-13-7-18-21(10-13)9-11-4-2-3-5-14(11)16/h2-8,10H,9H2,1H3,(H,19,22). The molecule has 2 aromatic heterocycles. The molecule has 0 radical (unpaired) electrons. The quantitative estimate of drug-likeness (QED) is 0.804. The maximum atomic E-state index is 12.0. The number of amides is 1. The minimum Gasteiger partial charge on any atom is -0.319 e. The van der Waals surface area contributed by atoms with Gasteiger partial charge in [0.25, 0.3) is 5.91 Å². The van der Waals surface area contributed by atoms with Gasteiger partial charge in [0.15, 0.2) is 0 Å². The Labute approximate surface area is 132 Å². The zero-order valence-electron chi connectivity index (χ0n) is 11.9. The van der Waals surface area contributed by atoms with E-state index in [0.717, 1.165) is 5.56 Å². The summed E-state index contributed by atoms with van der Waals surface area (Å²) in [7, 11) is 1.76. The van der Waals surface area contributed by atoms with Gasteiger partial charge in [-0.15, -0.1) is 0 Å². The summed E-state index contributed by atoms with van der Waals surface area (Å²) in [5.74, 6) is -0.217. The van der Waals surface area contributed by atoms with E-state index < -0.39 is 0 Å². The van der Waals surface area contributed by atoms with Crippen LogP contribution in [0, 0.1) is 0 Å². The Bertz CT molecular complexity index is 808. The molecule has 1 amide bonds. The molecule has 3 aromatic rings. The molecule has 0 fully saturated rings. The molecule has 7 heteroatoms. The molecule has 0 unspecified atom stereocenters. The first kappa shape index (κ1) is 14.3. The molecule has 0 aliphatic heterocycles. The summed E-state index contributed by atoms with van der Waals surface area (Å²) in [5, 5.41) is 11.7. The van der Waals surface area contributed by atoms with Crippen LogP contribution in [-0.2, 0) is 13.6 Å². The Morgan fingerprint density at radius 1 is 1.23 bits per heavy atom. The number of hydrogen-bond acceptors (Lipinski definition) is 3. The van der Waals surface area contributed by atoms with Gasteiger partial charge in [0.1, 0.15) is 0 Å². The Morgan fingerprint density at radius 2 is 2.05 bits per heavy atom. The lowest BCUT2D eigenvalue weighted by atomic mass is 10.2. The van der Waals surface area contributed by atoms with Crippen molar-refractivity contribution in [2.45, 2.75) is 6.54 Å². The van der Waals surface area contributed by atoms with Gasteiger partial charge >= 0.3 is 0 Å². The zero-order valence-corrected chi connectivity index (χ0v) is 12.7. The van der Waals surface area contributed by atoms with Gasteiger partial charge in [-0.1, -0.05) is 29.8 Å². The maximum Gasteiger partial charge on any atom is 0.258 e. The number of anilines is 1. The molecule has 3 rings (SSSR count). The summed E-state index contributed by atoms with van der Waals surface area (Å²) in [6.07, 6.45) is 6.54. The summed E-state index contributed by atoms with van der Waals surface area (Å²) in [6, 6.07) is 7.59. The summed E-state index contributed by atoms with van der Waals surface area (Å²) >= 11 is 6.13. The molecule has 2 heterocycles. The molecule has 22 heavy (non-hydrogen) atoms. The van der Waals surface area contributed by atoms with Gasteiger partial charge < -0.3 is 5.32 Å². The molecular formula is C15H14ClN5O. The van der Waals surface area contributed by atoms with Crippen LogP contribution >= 0.6 is 11.6 Å². The topological polar surface area (TPSA) is 64.7 Å². The number of benzene rings is 1. The lowest BCUT2D eigenvalue weighted by Gasteiger charge is -2.04. The van der Waals surface area contributed by atoms with E-state index in [1.54, 1.807) is 35.0 Å². The molecule has 0 saturated carbocycles. The Hall–Kier alpha value is -2.60. The van der Waals surface area contributed by atoms with Crippen LogP contribution in [0.3, 0.4) is 0 Å². The number of nitrogens with zero attached hydrogens (tertiary/aromatic N) is 4. The number of aromatic nitrogens is 4. The van der Waals surface area contributed by atoms with Crippen LogP contribution in [0.5, 0.6) is 0 Å². The van der Waals surface area contributed by atoms with Crippen LogP contribution < -0.4 is 5.32 Å². The fourth-order valence-electron chi connectivity index (χ4n) is 2.06. The van der Waals surface area contributed by atoms with Crippen molar-refractivity contribution in [1.82, 2.24) is 19.6 Å². The SMILES string of the molecule is Cn1cc(C(=O)Nc2cnn(Cc3ccccc3Cl)c2)cn1. The number of halogens is 1. The monoisotopic (exact) mass is 315 g/mol. The molecule has 0 saturated heterocycles. The highest BCUT2D eigenvalue weighted by Crippen LogP contribution is 2.17.